The number of halogens is 1. The van der Waals surface area contributed by atoms with Crippen LogP contribution in [0.3, 0.4) is 0 Å². The minimum atomic E-state index is -0.465. The summed E-state index contributed by atoms with van der Waals surface area (Å²) in [7, 11) is 1.50. The molecule has 1 N–H and O–H groups in total. The molecule has 1 aromatic heterocycles. The van der Waals surface area contributed by atoms with Crippen molar-refractivity contribution in [1.82, 2.24) is 15.5 Å². The van der Waals surface area contributed by atoms with Gasteiger partial charge in [-0.1, -0.05) is 17.3 Å². The highest BCUT2D eigenvalue weighted by atomic mass is 19.1. The zero-order valence-corrected chi connectivity index (χ0v) is 11.1. The highest BCUT2D eigenvalue weighted by Crippen LogP contribution is 2.12. The fraction of sp³-hybridized carbons (Fsp3) is 0.308. The maximum absolute atomic E-state index is 12.7. The van der Waals surface area contributed by atoms with Crippen molar-refractivity contribution in [3.05, 3.63) is 47.4 Å². The molecule has 1 atom stereocenters. The van der Waals surface area contributed by atoms with E-state index in [1.807, 2.05) is 0 Å². The lowest BCUT2D eigenvalue weighted by Crippen LogP contribution is -2.24. The molecule has 106 valence electrons. The van der Waals surface area contributed by atoms with Crippen LogP contribution in [0.1, 0.15) is 35.1 Å². The summed E-state index contributed by atoms with van der Waals surface area (Å²) >= 11 is 0. The van der Waals surface area contributed by atoms with Crippen LogP contribution in [0.25, 0.3) is 0 Å². The number of methoxy groups -OCH3 is 1. The first kappa shape index (κ1) is 14.1. The summed E-state index contributed by atoms with van der Waals surface area (Å²) in [4.78, 5) is 15.7. The summed E-state index contributed by atoms with van der Waals surface area (Å²) in [5.41, 5.74) is 0.772. The van der Waals surface area contributed by atoms with E-state index < -0.39 is 5.91 Å². The van der Waals surface area contributed by atoms with Gasteiger partial charge >= 0.3 is 0 Å². The molecule has 7 heteroatoms. The Hall–Kier alpha value is -2.28. The van der Waals surface area contributed by atoms with Crippen molar-refractivity contribution in [2.24, 2.45) is 0 Å². The number of aromatic nitrogens is 2. The molecular weight excluding hydrogens is 265 g/mol. The number of carbonyl (C=O) groups excluding carboxylic acids is 1. The average molecular weight is 279 g/mol. The molecule has 1 heterocycles. The van der Waals surface area contributed by atoms with Crippen molar-refractivity contribution in [3.8, 4) is 0 Å². The fourth-order valence-electron chi connectivity index (χ4n) is 1.46. The third-order valence-corrected chi connectivity index (χ3v) is 2.71. The summed E-state index contributed by atoms with van der Waals surface area (Å²) in [6.07, 6.45) is -0.374. The lowest BCUT2D eigenvalue weighted by molar-refractivity contribution is 0.0884. The zero-order valence-electron chi connectivity index (χ0n) is 11.1. The van der Waals surface area contributed by atoms with Gasteiger partial charge in [0.15, 0.2) is 0 Å². The zero-order chi connectivity index (χ0) is 14.5. The molecule has 20 heavy (non-hydrogen) atoms. The summed E-state index contributed by atoms with van der Waals surface area (Å²) in [6.45, 7) is 1.98. The molecule has 0 spiro atoms. The standard InChI is InChI=1S/C13H14FN3O3/c1-8(19-2)13-16-11(17-20-13)12(18)15-7-9-3-5-10(14)6-4-9/h3-6,8H,7H2,1-2H3,(H,15,18)/t8-/m0/s1. The molecule has 0 radical (unpaired) electrons. The maximum atomic E-state index is 12.7. The van der Waals surface area contributed by atoms with Crippen LogP contribution in [0, 0.1) is 5.82 Å². The van der Waals surface area contributed by atoms with Crippen LogP contribution < -0.4 is 5.32 Å². The van der Waals surface area contributed by atoms with Crippen molar-refractivity contribution in [1.29, 1.82) is 0 Å². The molecule has 0 aliphatic carbocycles. The van der Waals surface area contributed by atoms with Crippen molar-refractivity contribution in [2.75, 3.05) is 7.11 Å². The predicted octanol–water partition coefficient (Wildman–Crippen LogP) is 1.85. The number of hydrogen-bond donors (Lipinski definition) is 1. The number of rotatable bonds is 5. The van der Waals surface area contributed by atoms with Gasteiger partial charge in [-0.05, 0) is 24.6 Å². The lowest BCUT2D eigenvalue weighted by Gasteiger charge is -2.02. The van der Waals surface area contributed by atoms with E-state index in [9.17, 15) is 9.18 Å². The van der Waals surface area contributed by atoms with Crippen LogP contribution in [-0.4, -0.2) is 23.2 Å². The van der Waals surface area contributed by atoms with E-state index in [0.717, 1.165) is 5.56 Å². The highest BCUT2D eigenvalue weighted by Gasteiger charge is 2.18. The Balaban J connectivity index is 1.94. The third-order valence-electron chi connectivity index (χ3n) is 2.71. The van der Waals surface area contributed by atoms with E-state index in [-0.39, 0.29) is 30.2 Å². The Morgan fingerprint density at radius 1 is 1.45 bits per heavy atom. The van der Waals surface area contributed by atoms with Crippen molar-refractivity contribution in [2.45, 2.75) is 19.6 Å². The largest absolute Gasteiger partial charge is 0.372 e. The minimum absolute atomic E-state index is 0.0639. The van der Waals surface area contributed by atoms with Gasteiger partial charge in [0.05, 0.1) is 0 Å². The number of nitrogens with zero attached hydrogens (tertiary/aromatic N) is 2. The summed E-state index contributed by atoms with van der Waals surface area (Å²) < 4.78 is 22.6. The van der Waals surface area contributed by atoms with E-state index in [2.05, 4.69) is 15.5 Å². The first-order chi connectivity index (χ1) is 9.60. The van der Waals surface area contributed by atoms with Gasteiger partial charge in [0, 0.05) is 13.7 Å². The number of hydrogen-bond acceptors (Lipinski definition) is 5. The number of ether oxygens (including phenoxy) is 1. The second kappa shape index (κ2) is 6.25. The molecule has 1 amide bonds. The molecule has 0 bridgehead atoms. The minimum Gasteiger partial charge on any atom is -0.372 e. The molecule has 0 unspecified atom stereocenters. The highest BCUT2D eigenvalue weighted by molar-refractivity contribution is 5.90. The first-order valence-corrected chi connectivity index (χ1v) is 5.99. The molecule has 0 fully saturated rings. The Labute approximate surface area is 114 Å². The molecule has 1 aromatic carbocycles. The Morgan fingerprint density at radius 2 is 2.15 bits per heavy atom. The van der Waals surface area contributed by atoms with Gasteiger partial charge in [-0.2, -0.15) is 4.98 Å². The van der Waals surface area contributed by atoms with Gasteiger partial charge in [-0.25, -0.2) is 4.39 Å². The van der Waals surface area contributed by atoms with Crippen LogP contribution in [0.15, 0.2) is 28.8 Å². The van der Waals surface area contributed by atoms with E-state index in [1.165, 1.54) is 19.2 Å². The fourth-order valence-corrected chi connectivity index (χ4v) is 1.46. The van der Waals surface area contributed by atoms with Crippen LogP contribution in [0.4, 0.5) is 4.39 Å². The van der Waals surface area contributed by atoms with Gasteiger partial charge in [0.25, 0.3) is 17.6 Å². The van der Waals surface area contributed by atoms with Crippen LogP contribution in [0.5, 0.6) is 0 Å². The summed E-state index contributed by atoms with van der Waals surface area (Å²) in [5.74, 6) is -0.616. The maximum Gasteiger partial charge on any atom is 0.292 e. The normalized spacial score (nSPS) is 12.2. The molecule has 0 saturated carbocycles. The van der Waals surface area contributed by atoms with E-state index in [0.29, 0.717) is 0 Å². The molecule has 0 aliphatic heterocycles. The number of amides is 1. The lowest BCUT2D eigenvalue weighted by atomic mass is 10.2. The second-order valence-corrected chi connectivity index (χ2v) is 4.14. The Kier molecular flexibility index (Phi) is 4.41. The summed E-state index contributed by atoms with van der Waals surface area (Å²) in [5, 5.41) is 6.19. The second-order valence-electron chi connectivity index (χ2n) is 4.14. The quantitative estimate of drug-likeness (QED) is 0.903. The number of benzene rings is 1. The topological polar surface area (TPSA) is 77.2 Å². The van der Waals surface area contributed by atoms with Gasteiger partial charge in [0.1, 0.15) is 11.9 Å². The van der Waals surface area contributed by atoms with Gasteiger partial charge in [-0.15, -0.1) is 0 Å². The van der Waals surface area contributed by atoms with Gasteiger partial charge in [-0.3, -0.25) is 4.79 Å². The molecule has 0 saturated heterocycles. The SMILES string of the molecule is CO[C@@H](C)c1nc(C(=O)NCc2ccc(F)cc2)no1. The van der Waals surface area contributed by atoms with Crippen LogP contribution in [0.2, 0.25) is 0 Å². The smallest absolute Gasteiger partial charge is 0.292 e. The molecule has 2 rings (SSSR count). The number of carbonyl (C=O) groups is 1. The monoisotopic (exact) mass is 279 g/mol. The Bertz CT molecular complexity index is 583. The van der Waals surface area contributed by atoms with Crippen molar-refractivity contribution < 1.29 is 18.4 Å². The first-order valence-electron chi connectivity index (χ1n) is 5.99. The van der Waals surface area contributed by atoms with Crippen LogP contribution in [-0.2, 0) is 11.3 Å². The van der Waals surface area contributed by atoms with Crippen molar-refractivity contribution in [3.63, 3.8) is 0 Å². The molecular formula is C13H14FN3O3. The molecule has 6 nitrogen and oxygen atoms in total. The number of nitrogens with one attached hydrogen (secondary N) is 1. The Morgan fingerprint density at radius 3 is 2.80 bits per heavy atom. The molecule has 0 aliphatic rings. The van der Waals surface area contributed by atoms with Crippen LogP contribution >= 0.6 is 0 Å². The van der Waals surface area contributed by atoms with E-state index >= 15 is 0 Å². The van der Waals surface area contributed by atoms with E-state index in [4.69, 9.17) is 9.26 Å². The third kappa shape index (κ3) is 3.39. The van der Waals surface area contributed by atoms with Crippen molar-refractivity contribution >= 4 is 5.91 Å². The van der Waals surface area contributed by atoms with E-state index in [1.54, 1.807) is 19.1 Å². The van der Waals surface area contributed by atoms with Gasteiger partial charge < -0.3 is 14.6 Å². The average Bonchev–Trinajstić information content (AvgIpc) is 2.95. The van der Waals surface area contributed by atoms with Gasteiger partial charge in [0.2, 0.25) is 0 Å². The predicted molar refractivity (Wildman–Crippen MR) is 67.3 cm³/mol. The summed E-state index contributed by atoms with van der Waals surface area (Å²) in [6, 6.07) is 5.83. The molecule has 2 aromatic rings.